The number of amides is 2. The molecule has 2 aliphatic heterocycles. The van der Waals surface area contributed by atoms with Crippen LogP contribution in [0.1, 0.15) is 52.6 Å². The van der Waals surface area contributed by atoms with E-state index in [2.05, 4.69) is 15.4 Å². The lowest BCUT2D eigenvalue weighted by Crippen LogP contribution is -2.33. The summed E-state index contributed by atoms with van der Waals surface area (Å²) < 4.78 is 112. The fraction of sp³-hybridized carbons (Fsp3) is 0.0556. The van der Waals surface area contributed by atoms with E-state index in [1.54, 1.807) is 0 Å². The molecular formula is C36H20F4N2O9S2. The Morgan fingerprint density at radius 2 is 1.04 bits per heavy atom. The summed E-state index contributed by atoms with van der Waals surface area (Å²) in [5.74, 6) is -4.29. The van der Waals surface area contributed by atoms with E-state index in [4.69, 9.17) is 0 Å². The van der Waals surface area contributed by atoms with E-state index < -0.39 is 76.8 Å². The van der Waals surface area contributed by atoms with E-state index in [1.165, 1.54) is 54.6 Å². The van der Waals surface area contributed by atoms with Crippen LogP contribution in [0.4, 0.5) is 28.9 Å². The molecule has 17 heteroatoms. The van der Waals surface area contributed by atoms with Gasteiger partial charge in [-0.2, -0.15) is 17.6 Å². The monoisotopic (exact) mass is 764 g/mol. The van der Waals surface area contributed by atoms with Gasteiger partial charge in [-0.05, 0) is 78.9 Å². The van der Waals surface area contributed by atoms with E-state index >= 15 is 0 Å². The average Bonchev–Trinajstić information content (AvgIpc) is 3.13. The Morgan fingerprint density at radius 3 is 1.53 bits per heavy atom. The molecule has 0 fully saturated rings. The van der Waals surface area contributed by atoms with Crippen LogP contribution in [-0.4, -0.2) is 52.8 Å². The number of fused-ring (bicyclic) bond motifs is 4. The molecule has 7 rings (SSSR count). The van der Waals surface area contributed by atoms with E-state index in [0.29, 0.717) is 0 Å². The Morgan fingerprint density at radius 1 is 0.585 bits per heavy atom. The van der Waals surface area contributed by atoms with E-state index in [9.17, 15) is 53.6 Å². The number of benzene rings is 5. The quantitative estimate of drug-likeness (QED) is 0.180. The van der Waals surface area contributed by atoms with Gasteiger partial charge >= 0.3 is 12.5 Å². The van der Waals surface area contributed by atoms with Gasteiger partial charge < -0.3 is 15.4 Å². The first-order chi connectivity index (χ1) is 25.0. The largest absolute Gasteiger partial charge is 0.461 e. The number of anilines is 2. The minimum atomic E-state index is -5.04. The van der Waals surface area contributed by atoms with Gasteiger partial charge in [0, 0.05) is 39.1 Å². The molecule has 5 aromatic carbocycles. The molecule has 0 spiro atoms. The number of halogens is 4. The van der Waals surface area contributed by atoms with Crippen LogP contribution in [0.15, 0.2) is 123 Å². The van der Waals surface area contributed by atoms with Crippen molar-refractivity contribution >= 4 is 54.4 Å². The van der Waals surface area contributed by atoms with E-state index in [-0.39, 0.29) is 48.9 Å². The molecule has 2 N–H and O–H groups in total. The summed E-state index contributed by atoms with van der Waals surface area (Å²) >= 11 is 0. The Kier molecular flexibility index (Phi) is 8.30. The number of ketones is 2. The van der Waals surface area contributed by atoms with E-state index in [0.717, 1.165) is 48.5 Å². The highest BCUT2D eigenvalue weighted by molar-refractivity contribution is 7.92. The first-order valence-electron chi connectivity index (χ1n) is 15.2. The second-order valence-electron chi connectivity index (χ2n) is 11.7. The Bertz CT molecular complexity index is 2680. The van der Waals surface area contributed by atoms with Crippen molar-refractivity contribution in [2.45, 2.75) is 32.1 Å². The third-order valence-corrected chi connectivity index (χ3v) is 12.1. The zero-order chi connectivity index (χ0) is 38.0. The number of carbonyl (C=O) groups is 4. The molecule has 0 saturated heterocycles. The van der Waals surface area contributed by atoms with Crippen molar-refractivity contribution in [2.75, 3.05) is 10.6 Å². The molecule has 53 heavy (non-hydrogen) atoms. The van der Waals surface area contributed by atoms with Crippen molar-refractivity contribution in [1.82, 2.24) is 0 Å². The van der Waals surface area contributed by atoms with Gasteiger partial charge in [-0.25, -0.2) is 16.8 Å². The van der Waals surface area contributed by atoms with Crippen LogP contribution < -0.4 is 15.4 Å². The molecule has 0 atom stereocenters. The minimum Gasteiger partial charge on any atom is -0.426 e. The summed E-state index contributed by atoms with van der Waals surface area (Å²) in [5.41, 5.74) is -2.05. The molecule has 268 valence electrons. The number of alkyl halides is 4. The zero-order valence-electron chi connectivity index (χ0n) is 26.4. The van der Waals surface area contributed by atoms with Gasteiger partial charge in [0.1, 0.15) is 5.75 Å². The van der Waals surface area contributed by atoms with Crippen molar-refractivity contribution in [3.8, 4) is 5.75 Å². The molecule has 0 radical (unpaired) electrons. The van der Waals surface area contributed by atoms with Gasteiger partial charge in [-0.15, -0.1) is 0 Å². The molecule has 0 aliphatic carbocycles. The van der Waals surface area contributed by atoms with Gasteiger partial charge in [0.25, 0.3) is 11.8 Å². The van der Waals surface area contributed by atoms with Gasteiger partial charge in [0.05, 0.1) is 25.3 Å². The Hall–Kier alpha value is -6.20. The summed E-state index contributed by atoms with van der Waals surface area (Å²) in [4.78, 5) is 51.2. The number of nitrogens with one attached hydrogen (secondary N) is 2. The maximum Gasteiger partial charge on any atom is 0.461 e. The molecule has 0 aromatic heterocycles. The second-order valence-corrected chi connectivity index (χ2v) is 15.4. The molecule has 2 aliphatic rings. The van der Waals surface area contributed by atoms with E-state index in [1.807, 2.05) is 0 Å². The van der Waals surface area contributed by atoms with Crippen LogP contribution in [0.5, 0.6) is 5.75 Å². The van der Waals surface area contributed by atoms with Gasteiger partial charge in [-0.3, -0.25) is 19.2 Å². The first-order valence-corrected chi connectivity index (χ1v) is 18.1. The molecule has 0 saturated carbocycles. The lowest BCUT2D eigenvalue weighted by atomic mass is 10.0. The molecular weight excluding hydrogens is 745 g/mol. The molecule has 5 aromatic rings. The highest BCUT2D eigenvalue weighted by Crippen LogP contribution is 2.38. The van der Waals surface area contributed by atoms with Gasteiger partial charge in [-0.1, -0.05) is 24.3 Å². The maximum absolute atomic E-state index is 14.0. The maximum atomic E-state index is 14.0. The number of rotatable bonds is 7. The molecule has 2 heterocycles. The van der Waals surface area contributed by atoms with Crippen LogP contribution >= 0.6 is 0 Å². The van der Waals surface area contributed by atoms with Crippen LogP contribution in [-0.2, 0) is 19.7 Å². The third-order valence-electron chi connectivity index (χ3n) is 8.38. The minimum absolute atomic E-state index is 0.0395. The van der Waals surface area contributed by atoms with Crippen molar-refractivity contribution in [2.24, 2.45) is 0 Å². The first kappa shape index (κ1) is 35.2. The SMILES string of the molecule is O=C(Nc1ccc(OC(F)(F)C(F)F)c(NC(=O)c2ccc3c(c2)S(=O)(=O)c2ccccc2C3=O)c1)c1ccc2c(c1)S(=O)(=O)c1ccccc1C2=O. The summed E-state index contributed by atoms with van der Waals surface area (Å²) in [7, 11) is -8.52. The summed E-state index contributed by atoms with van der Waals surface area (Å²) in [6, 6.07) is 19.9. The van der Waals surface area contributed by atoms with Crippen LogP contribution in [0.3, 0.4) is 0 Å². The van der Waals surface area contributed by atoms with Crippen LogP contribution in [0, 0.1) is 0 Å². The van der Waals surface area contributed by atoms with Crippen LogP contribution in [0.2, 0.25) is 0 Å². The summed E-state index contributed by atoms with van der Waals surface area (Å²) in [5, 5.41) is 4.56. The van der Waals surface area contributed by atoms with Crippen molar-refractivity contribution in [3.05, 3.63) is 137 Å². The van der Waals surface area contributed by atoms with Gasteiger partial charge in [0.2, 0.25) is 19.7 Å². The van der Waals surface area contributed by atoms with Crippen molar-refractivity contribution in [3.63, 3.8) is 0 Å². The predicted molar refractivity (Wildman–Crippen MR) is 177 cm³/mol. The second kappa shape index (κ2) is 12.5. The highest BCUT2D eigenvalue weighted by Gasteiger charge is 2.44. The molecule has 0 bridgehead atoms. The lowest BCUT2D eigenvalue weighted by Gasteiger charge is -2.21. The molecule has 2 amide bonds. The topological polar surface area (TPSA) is 170 Å². The lowest BCUT2D eigenvalue weighted by molar-refractivity contribution is -0.252. The number of carbonyl (C=O) groups excluding carboxylic acids is 4. The summed E-state index contributed by atoms with van der Waals surface area (Å²) in [6.07, 6.45) is -9.33. The average molecular weight is 765 g/mol. The standard InChI is InChI=1S/C36H20F4N2O9S2/c37-35(38)36(39,40)51-26-14-11-20(41-33(45)18-9-12-23-29(15-18)52(47,48)27-7-3-1-5-21(27)31(23)43)17-25(26)42-34(46)19-10-13-24-30(16-19)53(49,50)28-8-4-2-6-22(28)32(24)44/h1-17,35H,(H,41,45)(H,42,46). The number of hydrogen-bond acceptors (Lipinski definition) is 9. The van der Waals surface area contributed by atoms with Gasteiger partial charge in [0.15, 0.2) is 11.6 Å². The van der Waals surface area contributed by atoms with Crippen molar-refractivity contribution < 1.29 is 58.3 Å². The number of ether oxygens (including phenoxy) is 1. The smallest absolute Gasteiger partial charge is 0.426 e. The Labute approximate surface area is 297 Å². The number of hydrogen-bond donors (Lipinski definition) is 2. The fourth-order valence-electron chi connectivity index (χ4n) is 5.83. The normalized spacial score (nSPS) is 15.0. The van der Waals surface area contributed by atoms with Crippen molar-refractivity contribution in [1.29, 1.82) is 0 Å². The number of sulfone groups is 2. The Balaban J connectivity index is 1.20. The molecule has 11 nitrogen and oxygen atoms in total. The van der Waals surface area contributed by atoms with Crippen LogP contribution in [0.25, 0.3) is 0 Å². The highest BCUT2D eigenvalue weighted by atomic mass is 32.2. The fourth-order valence-corrected chi connectivity index (χ4v) is 9.19. The molecule has 0 unspecified atom stereocenters. The third kappa shape index (κ3) is 5.92. The summed E-state index contributed by atoms with van der Waals surface area (Å²) in [6.45, 7) is 0. The zero-order valence-corrected chi connectivity index (χ0v) is 28.0. The predicted octanol–water partition coefficient (Wildman–Crippen LogP) is 6.18.